The van der Waals surface area contributed by atoms with Gasteiger partial charge in [-0.25, -0.2) is 4.79 Å². The lowest BCUT2D eigenvalue weighted by molar-refractivity contribution is 0.1000. The zero-order valence-electron chi connectivity index (χ0n) is 12.3. The normalized spacial score (nSPS) is 10.0. The van der Waals surface area contributed by atoms with Gasteiger partial charge in [-0.3, -0.25) is 9.78 Å². The van der Waals surface area contributed by atoms with Crippen LogP contribution >= 0.6 is 0 Å². The second-order valence-corrected chi connectivity index (χ2v) is 4.90. The summed E-state index contributed by atoms with van der Waals surface area (Å²) in [7, 11) is 1.69. The molecule has 0 fully saturated rings. The standard InChI is InChI=1S/C16H18N4O2/c1-20(11-12-5-4-6-13(9-12)15(17)21)16(22)19-10-14-7-2-3-8-18-14/h2-9H,10-11H2,1H3,(H2,17,21)(H,19,22). The van der Waals surface area contributed by atoms with Crippen molar-refractivity contribution < 1.29 is 9.59 Å². The number of nitrogens with two attached hydrogens (primary N) is 1. The minimum atomic E-state index is -0.482. The Morgan fingerprint density at radius 1 is 1.23 bits per heavy atom. The Labute approximate surface area is 129 Å². The molecule has 0 atom stereocenters. The number of benzene rings is 1. The largest absolute Gasteiger partial charge is 0.366 e. The zero-order valence-corrected chi connectivity index (χ0v) is 12.3. The number of carbonyl (C=O) groups excluding carboxylic acids is 2. The molecule has 0 bridgehead atoms. The second kappa shape index (κ2) is 7.21. The van der Waals surface area contributed by atoms with Gasteiger partial charge in [-0.05, 0) is 29.8 Å². The highest BCUT2D eigenvalue weighted by atomic mass is 16.2. The molecular weight excluding hydrogens is 280 g/mol. The number of urea groups is 1. The third-order valence-electron chi connectivity index (χ3n) is 3.12. The highest BCUT2D eigenvalue weighted by Gasteiger charge is 2.10. The second-order valence-electron chi connectivity index (χ2n) is 4.90. The molecule has 0 saturated carbocycles. The third-order valence-corrected chi connectivity index (χ3v) is 3.12. The van der Waals surface area contributed by atoms with E-state index in [1.54, 1.807) is 31.4 Å². The van der Waals surface area contributed by atoms with Gasteiger partial charge in [-0.1, -0.05) is 18.2 Å². The van der Waals surface area contributed by atoms with Gasteiger partial charge in [0, 0.05) is 25.4 Å². The van der Waals surface area contributed by atoms with Gasteiger partial charge in [0.15, 0.2) is 0 Å². The highest BCUT2D eigenvalue weighted by molar-refractivity contribution is 5.92. The number of carbonyl (C=O) groups is 2. The van der Waals surface area contributed by atoms with Crippen LogP contribution in [0.3, 0.4) is 0 Å². The predicted octanol–water partition coefficient (Wildman–Crippen LogP) is 1.52. The summed E-state index contributed by atoms with van der Waals surface area (Å²) in [6, 6.07) is 12.2. The van der Waals surface area contributed by atoms with Crippen molar-refractivity contribution in [1.82, 2.24) is 15.2 Å². The fraction of sp³-hybridized carbons (Fsp3) is 0.188. The lowest BCUT2D eigenvalue weighted by Gasteiger charge is -2.18. The van der Waals surface area contributed by atoms with E-state index in [0.717, 1.165) is 11.3 Å². The Bertz CT molecular complexity index is 658. The van der Waals surface area contributed by atoms with Crippen molar-refractivity contribution in [2.45, 2.75) is 13.1 Å². The van der Waals surface area contributed by atoms with Gasteiger partial charge in [-0.15, -0.1) is 0 Å². The van der Waals surface area contributed by atoms with E-state index in [4.69, 9.17) is 5.73 Å². The predicted molar refractivity (Wildman–Crippen MR) is 82.9 cm³/mol. The van der Waals surface area contributed by atoms with Gasteiger partial charge in [0.05, 0.1) is 12.2 Å². The molecule has 22 heavy (non-hydrogen) atoms. The number of hydrogen-bond acceptors (Lipinski definition) is 3. The third kappa shape index (κ3) is 4.31. The molecule has 0 unspecified atom stereocenters. The molecule has 3 N–H and O–H groups in total. The Morgan fingerprint density at radius 3 is 2.73 bits per heavy atom. The summed E-state index contributed by atoms with van der Waals surface area (Å²) in [5, 5.41) is 2.79. The summed E-state index contributed by atoms with van der Waals surface area (Å²) in [5.41, 5.74) is 7.31. The van der Waals surface area contributed by atoms with E-state index in [1.807, 2.05) is 24.3 Å². The minimum absolute atomic E-state index is 0.213. The topological polar surface area (TPSA) is 88.3 Å². The number of pyridine rings is 1. The molecule has 1 heterocycles. The molecule has 6 heteroatoms. The van der Waals surface area contributed by atoms with Gasteiger partial charge in [-0.2, -0.15) is 0 Å². The average molecular weight is 298 g/mol. The van der Waals surface area contributed by atoms with Crippen molar-refractivity contribution >= 4 is 11.9 Å². The van der Waals surface area contributed by atoms with Crippen LogP contribution < -0.4 is 11.1 Å². The van der Waals surface area contributed by atoms with Crippen LogP contribution in [-0.4, -0.2) is 28.9 Å². The Balaban J connectivity index is 1.91. The van der Waals surface area contributed by atoms with Crippen LogP contribution in [0.25, 0.3) is 0 Å². The van der Waals surface area contributed by atoms with E-state index in [0.29, 0.717) is 18.7 Å². The molecule has 0 aliphatic rings. The van der Waals surface area contributed by atoms with Crippen LogP contribution in [0.15, 0.2) is 48.7 Å². The van der Waals surface area contributed by atoms with Crippen LogP contribution in [0, 0.1) is 0 Å². The maximum absolute atomic E-state index is 12.0. The first-order valence-corrected chi connectivity index (χ1v) is 6.84. The van der Waals surface area contributed by atoms with E-state index in [-0.39, 0.29) is 6.03 Å². The molecule has 2 rings (SSSR count). The van der Waals surface area contributed by atoms with Crippen molar-refractivity contribution in [3.8, 4) is 0 Å². The fourth-order valence-corrected chi connectivity index (χ4v) is 1.97. The fourth-order valence-electron chi connectivity index (χ4n) is 1.97. The Kier molecular flexibility index (Phi) is 5.08. The van der Waals surface area contributed by atoms with E-state index >= 15 is 0 Å². The van der Waals surface area contributed by atoms with Crippen molar-refractivity contribution in [3.63, 3.8) is 0 Å². The molecule has 6 nitrogen and oxygen atoms in total. The smallest absolute Gasteiger partial charge is 0.317 e. The molecule has 1 aromatic heterocycles. The number of hydrogen-bond donors (Lipinski definition) is 2. The van der Waals surface area contributed by atoms with Crippen LogP contribution in [0.1, 0.15) is 21.6 Å². The molecule has 1 aromatic carbocycles. The van der Waals surface area contributed by atoms with Crippen molar-refractivity contribution in [2.24, 2.45) is 5.73 Å². The molecule has 0 spiro atoms. The van der Waals surface area contributed by atoms with E-state index < -0.39 is 5.91 Å². The molecule has 0 aliphatic carbocycles. The number of primary amides is 1. The van der Waals surface area contributed by atoms with E-state index in [2.05, 4.69) is 10.3 Å². The molecule has 3 amide bonds. The van der Waals surface area contributed by atoms with Crippen molar-refractivity contribution in [2.75, 3.05) is 7.05 Å². The Morgan fingerprint density at radius 2 is 2.05 bits per heavy atom. The van der Waals surface area contributed by atoms with Gasteiger partial charge in [0.1, 0.15) is 0 Å². The maximum Gasteiger partial charge on any atom is 0.317 e. The van der Waals surface area contributed by atoms with Crippen LogP contribution in [0.4, 0.5) is 4.79 Å². The quantitative estimate of drug-likeness (QED) is 0.877. The first kappa shape index (κ1) is 15.5. The average Bonchev–Trinajstić information content (AvgIpc) is 2.53. The monoisotopic (exact) mass is 298 g/mol. The number of rotatable bonds is 5. The van der Waals surface area contributed by atoms with Gasteiger partial charge < -0.3 is 16.0 Å². The SMILES string of the molecule is CN(Cc1cccc(C(N)=O)c1)C(=O)NCc1ccccn1. The minimum Gasteiger partial charge on any atom is -0.366 e. The number of nitrogens with zero attached hydrogens (tertiary/aromatic N) is 2. The summed E-state index contributed by atoms with van der Waals surface area (Å²) in [6.07, 6.45) is 1.68. The first-order valence-electron chi connectivity index (χ1n) is 6.84. The lowest BCUT2D eigenvalue weighted by atomic mass is 10.1. The number of aromatic nitrogens is 1. The van der Waals surface area contributed by atoms with Gasteiger partial charge >= 0.3 is 6.03 Å². The maximum atomic E-state index is 12.0. The van der Waals surface area contributed by atoms with Crippen molar-refractivity contribution in [1.29, 1.82) is 0 Å². The van der Waals surface area contributed by atoms with Crippen LogP contribution in [0.5, 0.6) is 0 Å². The molecular formula is C16H18N4O2. The van der Waals surface area contributed by atoms with Gasteiger partial charge in [0.2, 0.25) is 5.91 Å². The first-order chi connectivity index (χ1) is 10.6. The highest BCUT2D eigenvalue weighted by Crippen LogP contribution is 2.07. The summed E-state index contributed by atoms with van der Waals surface area (Å²) in [4.78, 5) is 28.9. The molecule has 0 radical (unpaired) electrons. The van der Waals surface area contributed by atoms with Crippen LogP contribution in [0.2, 0.25) is 0 Å². The number of amides is 3. The molecule has 0 saturated heterocycles. The van der Waals surface area contributed by atoms with Crippen LogP contribution in [-0.2, 0) is 13.1 Å². The van der Waals surface area contributed by atoms with Crippen molar-refractivity contribution in [3.05, 3.63) is 65.5 Å². The molecule has 114 valence electrons. The summed E-state index contributed by atoms with van der Waals surface area (Å²) >= 11 is 0. The van der Waals surface area contributed by atoms with E-state index in [9.17, 15) is 9.59 Å². The number of nitrogens with one attached hydrogen (secondary N) is 1. The van der Waals surface area contributed by atoms with E-state index in [1.165, 1.54) is 4.90 Å². The zero-order chi connectivity index (χ0) is 15.9. The van der Waals surface area contributed by atoms with Gasteiger partial charge in [0.25, 0.3) is 0 Å². The molecule has 0 aliphatic heterocycles. The summed E-state index contributed by atoms with van der Waals surface area (Å²) < 4.78 is 0. The summed E-state index contributed by atoms with van der Waals surface area (Å²) in [5.74, 6) is -0.482. The lowest BCUT2D eigenvalue weighted by Crippen LogP contribution is -2.36. The summed E-state index contributed by atoms with van der Waals surface area (Å²) in [6.45, 7) is 0.751. The Hall–Kier alpha value is -2.89. The molecule has 2 aromatic rings.